The van der Waals surface area contributed by atoms with Crippen LogP contribution in [-0.2, 0) is 67.5 Å². The van der Waals surface area contributed by atoms with Gasteiger partial charge in [-0.2, -0.15) is 11.8 Å². The molecule has 16 atom stereocenters. The third-order valence-electron chi connectivity index (χ3n) is 22.9. The van der Waals surface area contributed by atoms with Crippen molar-refractivity contribution in [3.05, 3.63) is 119 Å². The Kier molecular flexibility index (Phi) is 29.3. The molecule has 6 aliphatic rings. The van der Waals surface area contributed by atoms with E-state index in [1.807, 2.05) is 56.3 Å². The van der Waals surface area contributed by atoms with Crippen LogP contribution in [0.3, 0.4) is 0 Å². The molecule has 0 bridgehead atoms. The number of amides is 7. The topological polar surface area (TPSA) is 280 Å². The second kappa shape index (κ2) is 37.7. The highest BCUT2D eigenvalue weighted by molar-refractivity contribution is 8.00. The molecule has 3 aromatic carbocycles. The van der Waals surface area contributed by atoms with Crippen LogP contribution in [0, 0.1) is 52.3 Å². The number of fused-ring (bicyclic) bond motifs is 5. The Balaban J connectivity index is 0.715. The molecule has 3 fully saturated rings. The highest BCUT2D eigenvalue weighted by Gasteiger charge is 2.59. The SMILES string of the molecule is CC(C)CCC[C@@H](C)[C@H]1CCC2C3CC=C4C[C@H](SC[C@@H]5CC[N+]6=C(N[C@H](CSCC(=O)NCC(=O)N[C@@H](C)C(=O)N[C@H](C(=O)N[C@@H](CC(C)C)C(=O)N[C@@H](CC(N)=O)C(=O)N[C@@H](Cc7ccccc7)C(=O)OCc7ccccc7)[C@@H](C)OCc7ccccc7)CC6)N5)CC[C@]4(C)C3CC[C@@]21C. The van der Waals surface area contributed by atoms with Crippen molar-refractivity contribution >= 4 is 76.8 Å². The Morgan fingerprint density at radius 2 is 1.26 bits per heavy atom. The van der Waals surface area contributed by atoms with Crippen LogP contribution in [0.1, 0.15) is 175 Å². The number of hydrogen-bond acceptors (Lipinski definition) is 14. The van der Waals surface area contributed by atoms with Gasteiger partial charge in [-0.25, -0.2) is 4.79 Å². The first-order valence-electron chi connectivity index (χ1n) is 37.8. The fraction of sp³-hybridized carbons (Fsp3) is 0.637. The van der Waals surface area contributed by atoms with Gasteiger partial charge >= 0.3 is 11.9 Å². The first kappa shape index (κ1) is 79.2. The van der Waals surface area contributed by atoms with E-state index in [9.17, 15) is 38.4 Å². The number of thioether (sulfide) groups is 2. The van der Waals surface area contributed by atoms with Crippen LogP contribution in [0.15, 0.2) is 103 Å². The lowest BCUT2D eigenvalue weighted by Crippen LogP contribution is -2.61. The van der Waals surface area contributed by atoms with E-state index >= 15 is 0 Å². The summed E-state index contributed by atoms with van der Waals surface area (Å²) in [5, 5.41) is 24.3. The largest absolute Gasteiger partial charge is 0.459 e. The number of nitrogens with two attached hydrogens (primary N) is 1. The number of carbonyl (C=O) groups excluding carboxylic acids is 8. The average Bonchev–Trinajstić information content (AvgIpc) is 1.39. The highest BCUT2D eigenvalue weighted by Crippen LogP contribution is 2.67. The van der Waals surface area contributed by atoms with Gasteiger partial charge in [0.15, 0.2) is 0 Å². The zero-order chi connectivity index (χ0) is 73.1. The highest BCUT2D eigenvalue weighted by atomic mass is 32.2. The van der Waals surface area contributed by atoms with Gasteiger partial charge in [0.05, 0.1) is 56.6 Å². The van der Waals surface area contributed by atoms with Gasteiger partial charge in [0.1, 0.15) is 36.8 Å². The zero-order valence-electron chi connectivity index (χ0n) is 61.9. The standard InChI is InChI=1S/C80H116N10O10S2/c1-50(2)20-19-21-52(5)63-30-31-64-62-29-28-58-42-61(32-36-79(58,8)65(62)33-37-80(63,64)9)102-48-60-35-39-90-38-34-59(84-78(90)85-60)47-101-49-71(93)82-44-70(92)83-53(6)73(94)89-72(54(7)99-45-56-24-15-11-16-25-56)76(97)87-66(40-51(3)4)74(95)86-67(43-69(81)91)75(96)88-68(41-55-22-13-10-14-23-55)77(98)100-46-57-26-17-12-18-27-57/h10-18,22-28,50-54,59-68,72H,19-21,29-49H2,1-9H3,(H9,81,82,83,84,85,86,87,88,89,91,92,93,94,95,96,97)/p+1/t52-,53+,54-,59+,60+,61-,62?,63-,64?,65?,66+,67+,68+,72+,79+,80-/m1/s1. The van der Waals surface area contributed by atoms with E-state index in [2.05, 4.69) is 99.6 Å². The fourth-order valence-corrected chi connectivity index (χ4v) is 19.5. The van der Waals surface area contributed by atoms with Crippen molar-refractivity contribution in [2.45, 2.75) is 232 Å². The molecular formula is C80H117N10O10S2+. The molecule has 102 heavy (non-hydrogen) atoms. The van der Waals surface area contributed by atoms with Crippen LogP contribution < -0.4 is 48.3 Å². The van der Waals surface area contributed by atoms with Gasteiger partial charge in [-0.3, -0.25) is 48.8 Å². The van der Waals surface area contributed by atoms with E-state index in [4.69, 9.17) is 15.2 Å². The lowest BCUT2D eigenvalue weighted by molar-refractivity contribution is -0.542. The van der Waals surface area contributed by atoms with Crippen molar-refractivity contribution in [3.63, 3.8) is 0 Å². The molecule has 20 nitrogen and oxygen atoms in total. The van der Waals surface area contributed by atoms with E-state index in [0.29, 0.717) is 33.4 Å². The molecule has 0 spiro atoms. The van der Waals surface area contributed by atoms with Crippen molar-refractivity contribution in [2.24, 2.45) is 58.0 Å². The van der Waals surface area contributed by atoms with Crippen LogP contribution in [0.4, 0.5) is 0 Å². The molecule has 0 aromatic heterocycles. The Morgan fingerprint density at radius 1 is 0.637 bits per heavy atom. The Bertz CT molecular complexity index is 3380. The van der Waals surface area contributed by atoms with Gasteiger partial charge in [0.25, 0.3) is 0 Å². The van der Waals surface area contributed by atoms with Crippen LogP contribution >= 0.6 is 23.5 Å². The number of benzene rings is 3. The number of nitrogens with zero attached hydrogens (tertiary/aromatic N) is 1. The lowest BCUT2D eigenvalue weighted by Gasteiger charge is -2.58. The van der Waals surface area contributed by atoms with Crippen molar-refractivity contribution in [1.29, 1.82) is 0 Å². The minimum atomic E-state index is -1.58. The molecule has 7 amide bonds. The van der Waals surface area contributed by atoms with Crippen molar-refractivity contribution in [1.82, 2.24) is 42.5 Å². The molecule has 3 saturated carbocycles. The van der Waals surface area contributed by atoms with Crippen LogP contribution in [0.5, 0.6) is 0 Å². The minimum Gasteiger partial charge on any atom is -0.459 e. The van der Waals surface area contributed by atoms with E-state index < -0.39 is 84.1 Å². The number of guanidine groups is 1. The first-order valence-corrected chi connectivity index (χ1v) is 40.1. The summed E-state index contributed by atoms with van der Waals surface area (Å²) < 4.78 is 14.2. The molecular weight excluding hydrogens is 1330 g/mol. The quantitative estimate of drug-likeness (QED) is 0.0149. The van der Waals surface area contributed by atoms with Crippen LogP contribution in [-0.4, -0.2) is 148 Å². The molecule has 2 aliphatic heterocycles. The predicted octanol–water partition coefficient (Wildman–Crippen LogP) is 9.03. The van der Waals surface area contributed by atoms with Crippen molar-refractivity contribution in [2.75, 3.05) is 36.9 Å². The Hall–Kier alpha value is -6.91. The zero-order valence-corrected chi connectivity index (χ0v) is 63.5. The van der Waals surface area contributed by atoms with Gasteiger partial charge in [-0.15, -0.1) is 11.8 Å². The summed E-state index contributed by atoms with van der Waals surface area (Å²) in [4.78, 5) is 110. The van der Waals surface area contributed by atoms with Gasteiger partial charge in [-0.05, 0) is 141 Å². The fourth-order valence-electron chi connectivity index (χ4n) is 17.3. The number of carbonyl (C=O) groups is 8. The summed E-state index contributed by atoms with van der Waals surface area (Å²) in [6.07, 6.45) is 18.2. The van der Waals surface area contributed by atoms with Crippen molar-refractivity contribution in [3.8, 4) is 0 Å². The lowest BCUT2D eigenvalue weighted by atomic mass is 9.47. The molecule has 22 heteroatoms. The number of nitrogens with one attached hydrogen (secondary N) is 8. The second-order valence-corrected chi connectivity index (χ2v) is 33.8. The molecule has 4 aliphatic carbocycles. The van der Waals surface area contributed by atoms with Crippen molar-refractivity contribution < 1.29 is 52.4 Å². The van der Waals surface area contributed by atoms with Gasteiger partial charge in [0.2, 0.25) is 41.4 Å². The third kappa shape index (κ3) is 22.1. The minimum absolute atomic E-state index is 0.0220. The summed E-state index contributed by atoms with van der Waals surface area (Å²) in [5.74, 6) is 1.96. The van der Waals surface area contributed by atoms with Gasteiger partial charge < -0.3 is 47.1 Å². The molecule has 0 radical (unpaired) electrons. The number of rotatable bonds is 36. The third-order valence-corrected chi connectivity index (χ3v) is 25.5. The maximum atomic E-state index is 14.5. The Labute approximate surface area is 614 Å². The van der Waals surface area contributed by atoms with Crippen LogP contribution in [0.25, 0.3) is 0 Å². The predicted molar refractivity (Wildman–Crippen MR) is 403 cm³/mol. The number of esters is 1. The normalized spacial score (nSPS) is 25.6. The first-order chi connectivity index (χ1) is 48.8. The summed E-state index contributed by atoms with van der Waals surface area (Å²) in [5.41, 5.74) is 10.5. The molecule has 2 heterocycles. The summed E-state index contributed by atoms with van der Waals surface area (Å²) in [6.45, 7) is 20.9. The van der Waals surface area contributed by atoms with Gasteiger partial charge in [-0.1, -0.05) is 170 Å². The summed E-state index contributed by atoms with van der Waals surface area (Å²) >= 11 is 3.68. The van der Waals surface area contributed by atoms with E-state index in [1.165, 1.54) is 89.3 Å². The van der Waals surface area contributed by atoms with E-state index in [1.54, 1.807) is 61.0 Å². The summed E-state index contributed by atoms with van der Waals surface area (Å²) in [7, 11) is 0. The Morgan fingerprint density at radius 3 is 1.92 bits per heavy atom. The molecule has 9 rings (SSSR count). The number of ether oxygens (including phenoxy) is 2. The molecule has 3 aromatic rings. The average molecular weight is 1440 g/mol. The smallest absolute Gasteiger partial charge is 0.346 e. The number of allylic oxidation sites excluding steroid dienone is 2. The molecule has 10 N–H and O–H groups in total. The molecule has 0 saturated heterocycles. The number of primary amides is 1. The van der Waals surface area contributed by atoms with E-state index in [-0.39, 0.29) is 56.2 Å². The monoisotopic (exact) mass is 1440 g/mol. The number of hydrogen-bond donors (Lipinski definition) is 9. The molecule has 3 unspecified atom stereocenters. The van der Waals surface area contributed by atoms with Gasteiger partial charge in [0, 0.05) is 36.0 Å². The summed E-state index contributed by atoms with van der Waals surface area (Å²) in [6, 6.07) is 20.9. The molecule has 558 valence electrons. The maximum Gasteiger partial charge on any atom is 0.346 e. The van der Waals surface area contributed by atoms with E-state index in [0.717, 1.165) is 84.3 Å². The maximum absolute atomic E-state index is 14.5. The second-order valence-electron chi connectivity index (χ2n) is 31.4. The van der Waals surface area contributed by atoms with Crippen LogP contribution in [0.2, 0.25) is 0 Å².